The molecule has 1 unspecified atom stereocenters. The highest BCUT2D eigenvalue weighted by Crippen LogP contribution is 2.24. The van der Waals surface area contributed by atoms with Crippen LogP contribution in [0.5, 0.6) is 5.75 Å². The van der Waals surface area contributed by atoms with Crippen LogP contribution < -0.4 is 15.8 Å². The number of nitrogens with one attached hydrogen (secondary N) is 2. The van der Waals surface area contributed by atoms with Gasteiger partial charge >= 0.3 is 5.97 Å². The number of amides is 3. The Morgan fingerprint density at radius 2 is 1.61 bits per heavy atom. The fourth-order valence-corrected chi connectivity index (χ4v) is 4.12. The maximum absolute atomic E-state index is 12.8. The molecule has 4 rings (SSSR count). The molecule has 194 valence electrons. The van der Waals surface area contributed by atoms with Gasteiger partial charge in [-0.25, -0.2) is 15.1 Å². The van der Waals surface area contributed by atoms with Crippen LogP contribution in [0.4, 0.5) is 5.69 Å². The first-order chi connectivity index (χ1) is 18.1. The zero-order valence-electron chi connectivity index (χ0n) is 19.4. The van der Waals surface area contributed by atoms with Crippen LogP contribution in [0.25, 0.3) is 0 Å². The molecule has 0 bridgehead atoms. The number of hydrogen-bond donors (Lipinski definition) is 3. The number of carbonyl (C=O) groups excluding carboxylic acids is 5. The maximum atomic E-state index is 12.8. The number of halogens is 2. The molecule has 3 amide bonds. The van der Waals surface area contributed by atoms with Gasteiger partial charge in [-0.15, -0.1) is 0 Å². The second kappa shape index (κ2) is 11.4. The van der Waals surface area contributed by atoms with Gasteiger partial charge in [0, 0.05) is 16.1 Å². The van der Waals surface area contributed by atoms with Crippen LogP contribution in [-0.4, -0.2) is 47.2 Å². The monoisotopic (exact) mass is 555 g/mol. The lowest BCUT2D eigenvalue weighted by Crippen LogP contribution is -2.48. The molecular weight excluding hydrogens is 537 g/mol. The minimum Gasteiger partial charge on any atom is -0.508 e. The van der Waals surface area contributed by atoms with E-state index in [4.69, 9.17) is 27.9 Å². The third-order valence-electron chi connectivity index (χ3n) is 5.56. The Kier molecular flexibility index (Phi) is 8.06. The number of phenolic OH excluding ortho intramolecular Hbond substituents is 1. The van der Waals surface area contributed by atoms with E-state index in [0.29, 0.717) is 5.02 Å². The molecule has 0 aliphatic carbocycles. The molecule has 1 atom stereocenters. The Balaban J connectivity index is 1.33. The zero-order valence-corrected chi connectivity index (χ0v) is 21.0. The van der Waals surface area contributed by atoms with Crippen molar-refractivity contribution in [1.82, 2.24) is 10.9 Å². The molecular formula is C26H19Cl2N3O7. The molecule has 1 fully saturated rings. The first-order valence-corrected chi connectivity index (χ1v) is 11.9. The Morgan fingerprint density at radius 3 is 2.26 bits per heavy atom. The van der Waals surface area contributed by atoms with Gasteiger partial charge < -0.3 is 9.84 Å². The minimum atomic E-state index is -1.00. The number of ether oxygens (including phenoxy) is 1. The molecule has 0 spiro atoms. The number of benzene rings is 3. The van der Waals surface area contributed by atoms with E-state index in [9.17, 15) is 29.1 Å². The number of Topliss-reactive ketones (excluding diaryl/α,β-unsaturated/α-hetero) is 1. The molecule has 12 heteroatoms. The number of esters is 1. The highest BCUT2D eigenvalue weighted by atomic mass is 35.5. The topological polar surface area (TPSA) is 142 Å². The van der Waals surface area contributed by atoms with Crippen LogP contribution >= 0.6 is 23.2 Å². The molecule has 1 aliphatic heterocycles. The van der Waals surface area contributed by atoms with E-state index in [1.165, 1.54) is 66.7 Å². The summed E-state index contributed by atoms with van der Waals surface area (Å²) in [5.74, 6) is -2.96. The normalized spacial score (nSPS) is 14.9. The largest absolute Gasteiger partial charge is 0.508 e. The third kappa shape index (κ3) is 6.00. The number of anilines is 1. The quantitative estimate of drug-likeness (QED) is 0.166. The van der Waals surface area contributed by atoms with E-state index in [2.05, 4.69) is 10.9 Å². The summed E-state index contributed by atoms with van der Waals surface area (Å²) in [5, 5.41) is 9.81. The number of hydrogen-bond acceptors (Lipinski definition) is 8. The van der Waals surface area contributed by atoms with E-state index >= 15 is 0 Å². The maximum Gasteiger partial charge on any atom is 0.338 e. The molecule has 3 aromatic rings. The van der Waals surface area contributed by atoms with Gasteiger partial charge in [-0.1, -0.05) is 23.2 Å². The zero-order chi connectivity index (χ0) is 27.4. The van der Waals surface area contributed by atoms with Crippen molar-refractivity contribution < 1.29 is 33.8 Å². The van der Waals surface area contributed by atoms with Crippen LogP contribution in [0.3, 0.4) is 0 Å². The minimum absolute atomic E-state index is 0.00246. The fourth-order valence-electron chi connectivity index (χ4n) is 3.61. The van der Waals surface area contributed by atoms with E-state index in [-0.39, 0.29) is 39.6 Å². The second-order valence-corrected chi connectivity index (χ2v) is 8.98. The van der Waals surface area contributed by atoms with Crippen molar-refractivity contribution in [1.29, 1.82) is 0 Å². The third-order valence-corrected chi connectivity index (χ3v) is 6.11. The Morgan fingerprint density at radius 1 is 0.947 bits per heavy atom. The second-order valence-electron chi connectivity index (χ2n) is 8.14. The van der Waals surface area contributed by atoms with Crippen molar-refractivity contribution in [2.45, 2.75) is 12.5 Å². The Hall–Kier alpha value is -4.25. The fraction of sp³-hybridized carbons (Fsp3) is 0.115. The highest BCUT2D eigenvalue weighted by molar-refractivity contribution is 6.36. The number of phenols is 1. The van der Waals surface area contributed by atoms with Crippen LogP contribution in [-0.2, 0) is 14.3 Å². The standard InChI is InChI=1S/C26H19Cl2N3O7/c27-16-5-10-19(20(28)11-16)22(33)13-38-26(37)15-1-6-17(7-2-15)31-23(34)12-21(25(31)36)29-30-24(35)14-3-8-18(32)9-4-14/h1-11,21,29,32H,12-13H2,(H,30,35). The van der Waals surface area contributed by atoms with E-state index in [1.54, 1.807) is 0 Å². The summed E-state index contributed by atoms with van der Waals surface area (Å²) in [7, 11) is 0. The number of nitrogens with zero attached hydrogens (tertiary/aromatic N) is 1. The first kappa shape index (κ1) is 26.8. The molecule has 0 radical (unpaired) electrons. The average Bonchev–Trinajstić information content (AvgIpc) is 3.18. The predicted molar refractivity (Wildman–Crippen MR) is 137 cm³/mol. The van der Waals surface area contributed by atoms with Crippen molar-refractivity contribution in [3.8, 4) is 5.75 Å². The number of rotatable bonds is 8. The Labute approximate surface area is 226 Å². The van der Waals surface area contributed by atoms with Crippen molar-refractivity contribution >= 4 is 58.4 Å². The lowest BCUT2D eigenvalue weighted by molar-refractivity contribution is -0.121. The van der Waals surface area contributed by atoms with Crippen molar-refractivity contribution in [2.24, 2.45) is 0 Å². The molecule has 1 heterocycles. The molecule has 3 N–H and O–H groups in total. The van der Waals surface area contributed by atoms with Crippen LogP contribution in [0.1, 0.15) is 37.5 Å². The van der Waals surface area contributed by atoms with Crippen LogP contribution in [0, 0.1) is 0 Å². The van der Waals surface area contributed by atoms with Gasteiger partial charge in [-0.3, -0.25) is 24.6 Å². The lowest BCUT2D eigenvalue weighted by Gasteiger charge is -2.16. The molecule has 0 aromatic heterocycles. The van der Waals surface area contributed by atoms with E-state index in [0.717, 1.165) is 4.90 Å². The van der Waals surface area contributed by atoms with Crippen molar-refractivity contribution in [3.63, 3.8) is 0 Å². The summed E-state index contributed by atoms with van der Waals surface area (Å²) in [5.41, 5.74) is 5.64. The van der Waals surface area contributed by atoms with E-state index < -0.39 is 42.1 Å². The summed E-state index contributed by atoms with van der Waals surface area (Å²) < 4.78 is 5.06. The smallest absolute Gasteiger partial charge is 0.338 e. The van der Waals surface area contributed by atoms with Gasteiger partial charge in [0.05, 0.1) is 22.7 Å². The van der Waals surface area contributed by atoms with Gasteiger partial charge in [-0.2, -0.15) is 0 Å². The first-order valence-electron chi connectivity index (χ1n) is 11.1. The summed E-state index contributed by atoms with van der Waals surface area (Å²) in [6.07, 6.45) is -0.201. The van der Waals surface area contributed by atoms with Gasteiger partial charge in [0.15, 0.2) is 6.61 Å². The number of carbonyl (C=O) groups is 5. The summed E-state index contributed by atoms with van der Waals surface area (Å²) in [6, 6.07) is 14.3. The summed E-state index contributed by atoms with van der Waals surface area (Å²) in [6.45, 7) is -0.547. The lowest BCUT2D eigenvalue weighted by atomic mass is 10.1. The van der Waals surface area contributed by atoms with Crippen LogP contribution in [0.15, 0.2) is 66.7 Å². The van der Waals surface area contributed by atoms with Gasteiger partial charge in [0.25, 0.3) is 11.8 Å². The molecule has 10 nitrogen and oxygen atoms in total. The molecule has 1 aliphatic rings. The average molecular weight is 556 g/mol. The highest BCUT2D eigenvalue weighted by Gasteiger charge is 2.39. The number of imide groups is 1. The predicted octanol–water partition coefficient (Wildman–Crippen LogP) is 3.31. The summed E-state index contributed by atoms with van der Waals surface area (Å²) >= 11 is 11.8. The molecule has 1 saturated heterocycles. The van der Waals surface area contributed by atoms with Crippen LogP contribution in [0.2, 0.25) is 10.0 Å². The van der Waals surface area contributed by atoms with E-state index in [1.807, 2.05) is 0 Å². The van der Waals surface area contributed by atoms with Gasteiger partial charge in [0.1, 0.15) is 11.8 Å². The summed E-state index contributed by atoms with van der Waals surface area (Å²) in [4.78, 5) is 63.1. The van der Waals surface area contributed by atoms with Gasteiger partial charge in [0.2, 0.25) is 11.7 Å². The number of ketones is 1. The van der Waals surface area contributed by atoms with Crippen molar-refractivity contribution in [3.05, 3.63) is 93.5 Å². The molecule has 38 heavy (non-hydrogen) atoms. The number of aromatic hydroxyl groups is 1. The Bertz CT molecular complexity index is 1430. The SMILES string of the molecule is O=C(NNC1CC(=O)N(c2ccc(C(=O)OCC(=O)c3ccc(Cl)cc3Cl)cc2)C1=O)c1ccc(O)cc1. The van der Waals surface area contributed by atoms with Gasteiger partial charge in [-0.05, 0) is 66.7 Å². The van der Waals surface area contributed by atoms with Crippen molar-refractivity contribution in [2.75, 3.05) is 11.5 Å². The molecule has 0 saturated carbocycles. The number of hydrazine groups is 1. The molecule has 3 aromatic carbocycles.